The van der Waals surface area contributed by atoms with Crippen LogP contribution < -0.4 is 0 Å². The molecule has 0 N–H and O–H groups in total. The highest BCUT2D eigenvalue weighted by Crippen LogP contribution is 2.30. The number of benzene rings is 1. The molecule has 0 bridgehead atoms. The molecule has 0 aliphatic carbocycles. The number of nitrogens with zero attached hydrogens (tertiary/aromatic N) is 1. The van der Waals surface area contributed by atoms with Crippen molar-refractivity contribution in [2.45, 2.75) is 16.7 Å². The van der Waals surface area contributed by atoms with Crippen molar-refractivity contribution in [3.63, 3.8) is 0 Å². The van der Waals surface area contributed by atoms with Gasteiger partial charge in [0.2, 0.25) is 0 Å². The second-order valence-corrected chi connectivity index (χ2v) is 8.35. The average Bonchev–Trinajstić information content (AvgIpc) is 2.28. The predicted octanol–water partition coefficient (Wildman–Crippen LogP) is 2.81. The van der Waals surface area contributed by atoms with Crippen LogP contribution in [0.5, 0.6) is 0 Å². The maximum atomic E-state index is 11.1. The van der Waals surface area contributed by atoms with E-state index in [0.29, 0.717) is 11.3 Å². The lowest BCUT2D eigenvalue weighted by atomic mass is 10.2. The Morgan fingerprint density at radius 2 is 1.89 bits per heavy atom. The van der Waals surface area contributed by atoms with E-state index in [1.54, 1.807) is 11.8 Å². The van der Waals surface area contributed by atoms with Crippen LogP contribution in [0.2, 0.25) is 0 Å². The first-order chi connectivity index (χ1) is 8.48. The van der Waals surface area contributed by atoms with E-state index in [1.165, 1.54) is 18.0 Å². The number of nitriles is 1. The fraction of sp³-hybridized carbons (Fsp3) is 0.417. The van der Waals surface area contributed by atoms with Gasteiger partial charge in [0.05, 0.1) is 11.3 Å². The summed E-state index contributed by atoms with van der Waals surface area (Å²) in [6.07, 6.45) is 1.22. The van der Waals surface area contributed by atoms with Crippen LogP contribution in [-0.2, 0) is 9.84 Å². The lowest BCUT2D eigenvalue weighted by molar-refractivity contribution is 0.603. The fourth-order valence-electron chi connectivity index (χ4n) is 1.32. The van der Waals surface area contributed by atoms with Gasteiger partial charge < -0.3 is 0 Å². The summed E-state index contributed by atoms with van der Waals surface area (Å²) in [5.41, 5.74) is 0.655. The molecule has 0 radical (unpaired) electrons. The lowest BCUT2D eigenvalue weighted by Gasteiger charge is -2.07. The number of sulfone groups is 1. The molecule has 0 saturated heterocycles. The first-order valence-electron chi connectivity index (χ1n) is 5.44. The maximum Gasteiger partial charge on any atom is 0.148 e. The van der Waals surface area contributed by atoms with Crippen LogP contribution in [0.4, 0.5) is 0 Å². The highest BCUT2D eigenvalue weighted by atomic mass is 32.2. The van der Waals surface area contributed by atoms with Crippen molar-refractivity contribution < 1.29 is 8.42 Å². The van der Waals surface area contributed by atoms with Gasteiger partial charge in [-0.2, -0.15) is 5.26 Å². The van der Waals surface area contributed by atoms with E-state index < -0.39 is 9.84 Å². The zero-order valence-electron chi connectivity index (χ0n) is 10.3. The first-order valence-corrected chi connectivity index (χ1v) is 9.47. The SMILES string of the molecule is CCSc1cccc(SCCS(C)(=O)=O)c1C#N. The van der Waals surface area contributed by atoms with Gasteiger partial charge in [-0.3, -0.25) is 0 Å². The highest BCUT2D eigenvalue weighted by molar-refractivity contribution is 8.01. The van der Waals surface area contributed by atoms with Crippen LogP contribution in [0.1, 0.15) is 12.5 Å². The molecule has 0 amide bonds. The van der Waals surface area contributed by atoms with E-state index in [2.05, 4.69) is 6.07 Å². The Labute approximate surface area is 117 Å². The Kier molecular flexibility index (Phi) is 6.06. The summed E-state index contributed by atoms with van der Waals surface area (Å²) in [6.45, 7) is 2.04. The van der Waals surface area contributed by atoms with Gasteiger partial charge in [-0.05, 0) is 17.9 Å². The van der Waals surface area contributed by atoms with Crippen molar-refractivity contribution in [1.82, 2.24) is 0 Å². The Bertz CT molecular complexity index is 547. The van der Waals surface area contributed by atoms with Crippen molar-refractivity contribution >= 4 is 33.4 Å². The molecule has 0 aliphatic heterocycles. The van der Waals surface area contributed by atoms with E-state index >= 15 is 0 Å². The molecular formula is C12H15NO2S3. The van der Waals surface area contributed by atoms with Gasteiger partial charge >= 0.3 is 0 Å². The highest BCUT2D eigenvalue weighted by Gasteiger charge is 2.09. The third-order valence-electron chi connectivity index (χ3n) is 2.11. The average molecular weight is 301 g/mol. The molecule has 0 atom stereocenters. The van der Waals surface area contributed by atoms with E-state index in [0.717, 1.165) is 15.5 Å². The summed E-state index contributed by atoms with van der Waals surface area (Å²) in [4.78, 5) is 1.82. The summed E-state index contributed by atoms with van der Waals surface area (Å²) in [5.74, 6) is 1.52. The summed E-state index contributed by atoms with van der Waals surface area (Å²) in [6, 6.07) is 7.90. The Morgan fingerprint density at radius 3 is 2.39 bits per heavy atom. The standard InChI is InChI=1S/C12H15NO2S3/c1-3-16-11-5-4-6-12(10(11)9-13)17-7-8-18(2,14)15/h4-6H,3,7-8H2,1-2H3. The van der Waals surface area contributed by atoms with Crippen LogP contribution >= 0.6 is 23.5 Å². The van der Waals surface area contributed by atoms with Gasteiger partial charge in [-0.25, -0.2) is 8.42 Å². The van der Waals surface area contributed by atoms with Gasteiger partial charge in [-0.15, -0.1) is 23.5 Å². The van der Waals surface area contributed by atoms with Crippen LogP contribution in [0, 0.1) is 11.3 Å². The molecule has 6 heteroatoms. The Balaban J connectivity index is 2.83. The zero-order valence-corrected chi connectivity index (χ0v) is 12.8. The number of hydrogen-bond acceptors (Lipinski definition) is 5. The third-order valence-corrected chi connectivity index (χ3v) is 5.31. The molecule has 0 saturated carbocycles. The van der Waals surface area contributed by atoms with Crippen LogP contribution in [-0.4, -0.2) is 31.9 Å². The molecule has 3 nitrogen and oxygen atoms in total. The summed E-state index contributed by atoms with van der Waals surface area (Å²) < 4.78 is 22.1. The molecular weight excluding hydrogens is 286 g/mol. The molecule has 0 spiro atoms. The minimum Gasteiger partial charge on any atom is -0.229 e. The van der Waals surface area contributed by atoms with Gasteiger partial charge in [0.15, 0.2) is 0 Å². The van der Waals surface area contributed by atoms with Gasteiger partial charge in [-0.1, -0.05) is 13.0 Å². The van der Waals surface area contributed by atoms with E-state index in [4.69, 9.17) is 0 Å². The molecule has 0 heterocycles. The minimum atomic E-state index is -2.94. The van der Waals surface area contributed by atoms with Crippen molar-refractivity contribution in [2.75, 3.05) is 23.5 Å². The second-order valence-electron chi connectivity index (χ2n) is 3.65. The van der Waals surface area contributed by atoms with Gasteiger partial charge in [0.25, 0.3) is 0 Å². The summed E-state index contributed by atoms with van der Waals surface area (Å²) in [7, 11) is -2.94. The maximum absolute atomic E-state index is 11.1. The lowest BCUT2D eigenvalue weighted by Crippen LogP contribution is -2.05. The molecule has 1 aromatic rings. The number of thioether (sulfide) groups is 2. The first kappa shape index (κ1) is 15.4. The summed E-state index contributed by atoms with van der Waals surface area (Å²) >= 11 is 3.05. The smallest absolute Gasteiger partial charge is 0.148 e. The molecule has 1 aromatic carbocycles. The molecule has 0 fully saturated rings. The molecule has 0 aliphatic rings. The second kappa shape index (κ2) is 7.07. The summed E-state index contributed by atoms with van der Waals surface area (Å²) in [5, 5.41) is 9.19. The Morgan fingerprint density at radius 1 is 1.28 bits per heavy atom. The minimum absolute atomic E-state index is 0.133. The van der Waals surface area contributed by atoms with Crippen LogP contribution in [0.15, 0.2) is 28.0 Å². The van der Waals surface area contributed by atoms with Crippen molar-refractivity contribution in [1.29, 1.82) is 5.26 Å². The van der Waals surface area contributed by atoms with E-state index in [-0.39, 0.29) is 5.75 Å². The normalized spacial score (nSPS) is 11.2. The van der Waals surface area contributed by atoms with E-state index in [1.807, 2.05) is 25.1 Å². The van der Waals surface area contributed by atoms with Gasteiger partial charge in [0, 0.05) is 21.8 Å². The Hall–Kier alpha value is -0.640. The monoisotopic (exact) mass is 301 g/mol. The quantitative estimate of drug-likeness (QED) is 0.756. The number of hydrogen-bond donors (Lipinski definition) is 0. The predicted molar refractivity (Wildman–Crippen MR) is 78.0 cm³/mol. The number of rotatable bonds is 6. The molecule has 1 rings (SSSR count). The van der Waals surface area contributed by atoms with Gasteiger partial charge in [0.1, 0.15) is 15.9 Å². The van der Waals surface area contributed by atoms with E-state index in [9.17, 15) is 13.7 Å². The topological polar surface area (TPSA) is 57.9 Å². The zero-order chi connectivity index (χ0) is 13.6. The molecule has 18 heavy (non-hydrogen) atoms. The van der Waals surface area contributed by atoms with Crippen molar-refractivity contribution in [3.8, 4) is 6.07 Å². The third kappa shape index (κ3) is 4.92. The van der Waals surface area contributed by atoms with Crippen molar-refractivity contribution in [3.05, 3.63) is 23.8 Å². The van der Waals surface area contributed by atoms with Crippen LogP contribution in [0.25, 0.3) is 0 Å². The largest absolute Gasteiger partial charge is 0.229 e. The van der Waals surface area contributed by atoms with Crippen molar-refractivity contribution in [2.24, 2.45) is 0 Å². The molecule has 0 aromatic heterocycles. The van der Waals surface area contributed by atoms with Crippen LogP contribution in [0.3, 0.4) is 0 Å². The molecule has 98 valence electrons. The fourth-order valence-corrected chi connectivity index (χ4v) is 4.41. The molecule has 0 unspecified atom stereocenters.